The average Bonchev–Trinajstić information content (AvgIpc) is 1.61. The fourth-order valence-electron chi connectivity index (χ4n) is 0.109. The van der Waals surface area contributed by atoms with Gasteiger partial charge in [0.2, 0.25) is 0 Å². The van der Waals surface area contributed by atoms with E-state index in [1.54, 1.807) is 0 Å². The summed E-state index contributed by atoms with van der Waals surface area (Å²) in [5.41, 5.74) is 0. The second-order valence-corrected chi connectivity index (χ2v) is 0.831. The molecular formula is C2H5F2N3. The van der Waals surface area contributed by atoms with Crippen LogP contribution in [0.25, 0.3) is 0 Å². The molecule has 0 aliphatic rings. The number of alkyl halides is 2. The Labute approximate surface area is 39.2 Å². The van der Waals surface area contributed by atoms with Gasteiger partial charge in [-0.25, -0.2) is 8.78 Å². The molecule has 0 amide bonds. The quantitative estimate of drug-likeness (QED) is 0.314. The van der Waals surface area contributed by atoms with Crippen LogP contribution < -0.4 is 5.84 Å². The summed E-state index contributed by atoms with van der Waals surface area (Å²) in [5.74, 6) is 4.40. The van der Waals surface area contributed by atoms with Crippen molar-refractivity contribution < 1.29 is 8.78 Å². The summed E-state index contributed by atoms with van der Waals surface area (Å²) in [7, 11) is 0. The fourth-order valence-corrected chi connectivity index (χ4v) is 0.109. The number of halogens is 2. The molecule has 0 aliphatic carbocycles. The Kier molecular flexibility index (Phi) is 3.09. The number of nitrogens with zero attached hydrogens (tertiary/aromatic N) is 2. The molecule has 0 saturated carbocycles. The molecule has 0 unspecified atom stereocenters. The lowest BCUT2D eigenvalue weighted by atomic mass is 10.7. The Balaban J connectivity index is 2.97. The van der Waals surface area contributed by atoms with Crippen molar-refractivity contribution in [2.24, 2.45) is 16.2 Å². The van der Waals surface area contributed by atoms with Gasteiger partial charge in [-0.1, -0.05) is 5.22 Å². The molecule has 0 aliphatic heterocycles. The van der Waals surface area contributed by atoms with Crippen LogP contribution >= 0.6 is 0 Å². The van der Waals surface area contributed by atoms with E-state index in [1.807, 2.05) is 0 Å². The lowest BCUT2D eigenvalue weighted by Crippen LogP contribution is -1.94. The van der Waals surface area contributed by atoms with Crippen molar-refractivity contribution in [1.82, 2.24) is 0 Å². The van der Waals surface area contributed by atoms with Crippen LogP contribution in [0.5, 0.6) is 0 Å². The molecule has 0 fully saturated rings. The highest BCUT2D eigenvalue weighted by atomic mass is 19.3. The van der Waals surface area contributed by atoms with Crippen molar-refractivity contribution >= 4 is 0 Å². The molecule has 0 rings (SSSR count). The summed E-state index contributed by atoms with van der Waals surface area (Å²) in [4.78, 5) is 0. The number of nitrogens with two attached hydrogens (primary N) is 1. The first-order valence-corrected chi connectivity index (χ1v) is 1.62. The molecule has 0 radical (unpaired) electrons. The Bertz CT molecular complexity index is 62.0. The minimum Gasteiger partial charge on any atom is -0.305 e. The maximum Gasteiger partial charge on any atom is 0.259 e. The maximum absolute atomic E-state index is 11.0. The molecule has 0 saturated heterocycles. The monoisotopic (exact) mass is 109 g/mol. The van der Waals surface area contributed by atoms with Crippen molar-refractivity contribution in [2.45, 2.75) is 6.43 Å². The van der Waals surface area contributed by atoms with Gasteiger partial charge in [0.1, 0.15) is 6.54 Å². The van der Waals surface area contributed by atoms with Crippen LogP contribution in [-0.4, -0.2) is 13.0 Å². The van der Waals surface area contributed by atoms with E-state index in [0.29, 0.717) is 0 Å². The average molecular weight is 109 g/mol. The van der Waals surface area contributed by atoms with E-state index in [-0.39, 0.29) is 0 Å². The van der Waals surface area contributed by atoms with E-state index < -0.39 is 13.0 Å². The third kappa shape index (κ3) is 5.26. The molecule has 0 atom stereocenters. The minimum atomic E-state index is -2.44. The summed E-state index contributed by atoms with van der Waals surface area (Å²) in [6, 6.07) is 0. The van der Waals surface area contributed by atoms with E-state index in [0.717, 1.165) is 0 Å². The lowest BCUT2D eigenvalue weighted by molar-refractivity contribution is 0.156. The Morgan fingerprint density at radius 2 is 2.14 bits per heavy atom. The Morgan fingerprint density at radius 1 is 1.57 bits per heavy atom. The van der Waals surface area contributed by atoms with Crippen LogP contribution in [0.1, 0.15) is 0 Å². The Hall–Kier alpha value is -0.740. The minimum absolute atomic E-state index is 0.601. The van der Waals surface area contributed by atoms with Crippen LogP contribution in [0.2, 0.25) is 0 Å². The molecule has 0 heterocycles. The molecule has 0 aromatic heterocycles. The van der Waals surface area contributed by atoms with Gasteiger partial charge in [0.25, 0.3) is 6.43 Å². The maximum atomic E-state index is 11.0. The van der Waals surface area contributed by atoms with Crippen molar-refractivity contribution in [3.63, 3.8) is 0 Å². The molecule has 5 heteroatoms. The SMILES string of the molecule is NN=NCC(F)F. The van der Waals surface area contributed by atoms with Crippen molar-refractivity contribution in [1.29, 1.82) is 0 Å². The molecule has 0 spiro atoms. The normalized spacial score (nSPS) is 11.3. The highest BCUT2D eigenvalue weighted by Gasteiger charge is 1.96. The highest BCUT2D eigenvalue weighted by molar-refractivity contribution is 4.37. The summed E-state index contributed by atoms with van der Waals surface area (Å²) >= 11 is 0. The molecule has 0 aromatic carbocycles. The van der Waals surface area contributed by atoms with E-state index in [4.69, 9.17) is 0 Å². The first-order chi connectivity index (χ1) is 3.27. The number of hydrogen-bond donors (Lipinski definition) is 1. The molecule has 0 bridgehead atoms. The fraction of sp³-hybridized carbons (Fsp3) is 1.00. The van der Waals surface area contributed by atoms with Crippen LogP contribution in [0.3, 0.4) is 0 Å². The molecule has 42 valence electrons. The van der Waals surface area contributed by atoms with Gasteiger partial charge >= 0.3 is 0 Å². The van der Waals surface area contributed by atoms with Crippen LogP contribution in [0, 0.1) is 0 Å². The summed E-state index contributed by atoms with van der Waals surface area (Å²) in [5, 5.41) is 5.44. The zero-order chi connectivity index (χ0) is 5.70. The van der Waals surface area contributed by atoms with Crippen LogP contribution in [0.4, 0.5) is 8.78 Å². The third-order valence-electron chi connectivity index (χ3n) is 0.301. The van der Waals surface area contributed by atoms with Gasteiger partial charge in [0.15, 0.2) is 0 Å². The zero-order valence-electron chi connectivity index (χ0n) is 3.51. The van der Waals surface area contributed by atoms with Gasteiger partial charge in [-0.15, -0.1) is 0 Å². The molecule has 3 nitrogen and oxygen atoms in total. The van der Waals surface area contributed by atoms with Crippen molar-refractivity contribution in [3.8, 4) is 0 Å². The number of rotatable bonds is 2. The topological polar surface area (TPSA) is 50.7 Å². The second kappa shape index (κ2) is 3.45. The van der Waals surface area contributed by atoms with Gasteiger partial charge in [-0.05, 0) is 0 Å². The van der Waals surface area contributed by atoms with Gasteiger partial charge in [0, 0.05) is 0 Å². The molecule has 2 N–H and O–H groups in total. The Morgan fingerprint density at radius 3 is 2.29 bits per heavy atom. The molecule has 0 aromatic rings. The van der Waals surface area contributed by atoms with Gasteiger partial charge < -0.3 is 5.84 Å². The number of hydrogen-bond acceptors (Lipinski definition) is 2. The predicted molar refractivity (Wildman–Crippen MR) is 19.9 cm³/mol. The van der Waals surface area contributed by atoms with Crippen LogP contribution in [0.15, 0.2) is 10.3 Å². The van der Waals surface area contributed by atoms with Crippen molar-refractivity contribution in [3.05, 3.63) is 0 Å². The van der Waals surface area contributed by atoms with Gasteiger partial charge in [-0.3, -0.25) is 0 Å². The summed E-state index contributed by atoms with van der Waals surface area (Å²) in [6.07, 6.45) is -2.44. The lowest BCUT2D eigenvalue weighted by Gasteiger charge is -1.84. The predicted octanol–water partition coefficient (Wildman–Crippen LogP) is 0.577. The molecule has 7 heavy (non-hydrogen) atoms. The first-order valence-electron chi connectivity index (χ1n) is 1.62. The van der Waals surface area contributed by atoms with E-state index in [1.165, 1.54) is 0 Å². The van der Waals surface area contributed by atoms with E-state index in [9.17, 15) is 8.78 Å². The van der Waals surface area contributed by atoms with Gasteiger partial charge in [-0.2, -0.15) is 5.11 Å². The zero-order valence-corrected chi connectivity index (χ0v) is 3.51. The highest BCUT2D eigenvalue weighted by Crippen LogP contribution is 1.90. The second-order valence-electron chi connectivity index (χ2n) is 0.831. The summed E-state index contributed by atoms with van der Waals surface area (Å²) < 4.78 is 22.0. The van der Waals surface area contributed by atoms with Crippen LogP contribution in [-0.2, 0) is 0 Å². The van der Waals surface area contributed by atoms with E-state index >= 15 is 0 Å². The smallest absolute Gasteiger partial charge is 0.259 e. The third-order valence-corrected chi connectivity index (χ3v) is 0.301. The van der Waals surface area contributed by atoms with Gasteiger partial charge in [0.05, 0.1) is 0 Å². The summed E-state index contributed by atoms with van der Waals surface area (Å²) in [6.45, 7) is -0.601. The standard InChI is InChI=1S/C2H5F2N3/c3-2(4)1-6-7-5/h2H,1H2,(H2,5,6). The largest absolute Gasteiger partial charge is 0.305 e. The van der Waals surface area contributed by atoms with Crippen molar-refractivity contribution in [2.75, 3.05) is 6.54 Å². The first kappa shape index (κ1) is 6.26. The van der Waals surface area contributed by atoms with E-state index in [2.05, 4.69) is 16.2 Å². The molecular weight excluding hydrogens is 104 g/mol.